The molecule has 98 valence electrons. The third-order valence-corrected chi connectivity index (χ3v) is 2.63. The van der Waals surface area contributed by atoms with Gasteiger partial charge in [-0.05, 0) is 6.07 Å². The van der Waals surface area contributed by atoms with Gasteiger partial charge in [0.15, 0.2) is 0 Å². The molecule has 0 aliphatic heterocycles. The van der Waals surface area contributed by atoms with Crippen LogP contribution in [0.4, 0.5) is 13.2 Å². The van der Waals surface area contributed by atoms with Gasteiger partial charge in [0.1, 0.15) is 11.8 Å². The van der Waals surface area contributed by atoms with Crippen molar-refractivity contribution in [3.05, 3.63) is 35.0 Å². The number of aromatic nitrogens is 1. The fraction of sp³-hybridized carbons (Fsp3) is 0.167. The van der Waals surface area contributed by atoms with E-state index in [-0.39, 0.29) is 16.5 Å². The van der Waals surface area contributed by atoms with E-state index in [1.165, 1.54) is 18.2 Å². The lowest BCUT2D eigenvalue weighted by Gasteiger charge is -2.06. The molecule has 2 rings (SSSR count). The van der Waals surface area contributed by atoms with E-state index < -0.39 is 23.4 Å². The van der Waals surface area contributed by atoms with Gasteiger partial charge in [-0.2, -0.15) is 18.4 Å². The molecular formula is C12H7F3N2O2. The summed E-state index contributed by atoms with van der Waals surface area (Å²) < 4.78 is 43.1. The summed E-state index contributed by atoms with van der Waals surface area (Å²) in [4.78, 5) is 13.6. The number of hydrogen-bond donors (Lipinski definition) is 1. The van der Waals surface area contributed by atoms with Gasteiger partial charge in [-0.3, -0.25) is 0 Å². The molecule has 0 amide bonds. The first-order valence-corrected chi connectivity index (χ1v) is 5.10. The molecule has 2 aromatic rings. The van der Waals surface area contributed by atoms with Crippen molar-refractivity contribution < 1.29 is 22.7 Å². The lowest BCUT2D eigenvalue weighted by Crippen LogP contribution is -2.13. The van der Waals surface area contributed by atoms with Gasteiger partial charge < -0.3 is 9.72 Å². The number of H-pyrrole nitrogens is 1. The minimum atomic E-state index is -4.74. The molecule has 0 atom stereocenters. The maximum absolute atomic E-state index is 12.9. The molecular weight excluding hydrogens is 261 g/mol. The Morgan fingerprint density at radius 3 is 2.63 bits per heavy atom. The monoisotopic (exact) mass is 268 g/mol. The number of alkyl halides is 3. The highest BCUT2D eigenvalue weighted by Gasteiger charge is 2.39. The Morgan fingerprint density at radius 1 is 1.42 bits per heavy atom. The molecule has 0 fully saturated rings. The van der Waals surface area contributed by atoms with Crippen LogP contribution in [0.15, 0.2) is 18.2 Å². The van der Waals surface area contributed by atoms with Crippen LogP contribution in [0.5, 0.6) is 0 Å². The lowest BCUT2D eigenvalue weighted by atomic mass is 10.1. The Balaban J connectivity index is 2.89. The summed E-state index contributed by atoms with van der Waals surface area (Å²) in [5.74, 6) is -1.10. The van der Waals surface area contributed by atoms with Crippen LogP contribution < -0.4 is 0 Å². The quantitative estimate of drug-likeness (QED) is 0.809. The van der Waals surface area contributed by atoms with Crippen molar-refractivity contribution in [3.8, 4) is 6.07 Å². The van der Waals surface area contributed by atoms with Crippen LogP contribution in [0.25, 0.3) is 10.9 Å². The van der Waals surface area contributed by atoms with E-state index >= 15 is 0 Å². The molecule has 0 saturated heterocycles. The van der Waals surface area contributed by atoms with E-state index in [0.29, 0.717) is 0 Å². The Bertz CT molecular complexity index is 695. The predicted octanol–water partition coefficient (Wildman–Crippen LogP) is 2.84. The number of aromatic amines is 1. The molecule has 0 saturated carbocycles. The van der Waals surface area contributed by atoms with Gasteiger partial charge in [0, 0.05) is 5.39 Å². The second-order valence-electron chi connectivity index (χ2n) is 3.70. The number of methoxy groups -OCH3 is 1. The van der Waals surface area contributed by atoms with Crippen LogP contribution >= 0.6 is 0 Å². The second kappa shape index (κ2) is 4.31. The summed E-state index contributed by atoms with van der Waals surface area (Å²) in [5, 5.41) is 8.88. The first-order valence-electron chi connectivity index (χ1n) is 5.10. The fourth-order valence-corrected chi connectivity index (χ4v) is 1.84. The third-order valence-electron chi connectivity index (χ3n) is 2.63. The van der Waals surface area contributed by atoms with Gasteiger partial charge >= 0.3 is 12.1 Å². The molecule has 1 aromatic heterocycles. The molecule has 1 heterocycles. The smallest absolute Gasteiger partial charge is 0.432 e. The summed E-state index contributed by atoms with van der Waals surface area (Å²) in [5.41, 5.74) is -1.82. The number of carbonyl (C=O) groups is 1. The van der Waals surface area contributed by atoms with Crippen LogP contribution in [0.1, 0.15) is 21.6 Å². The molecule has 0 aliphatic rings. The highest BCUT2D eigenvalue weighted by Crippen LogP contribution is 2.36. The number of ether oxygens (including phenoxy) is 1. The number of fused-ring (bicyclic) bond motifs is 1. The van der Waals surface area contributed by atoms with Gasteiger partial charge in [-0.15, -0.1) is 0 Å². The summed E-state index contributed by atoms with van der Waals surface area (Å²) in [7, 11) is 0.996. The van der Waals surface area contributed by atoms with E-state index in [0.717, 1.165) is 7.11 Å². The van der Waals surface area contributed by atoms with Crippen molar-refractivity contribution in [2.75, 3.05) is 7.11 Å². The maximum atomic E-state index is 12.9. The Kier molecular flexibility index (Phi) is 2.94. The second-order valence-corrected chi connectivity index (χ2v) is 3.70. The van der Waals surface area contributed by atoms with E-state index in [1.54, 1.807) is 6.07 Å². The van der Waals surface area contributed by atoms with Gasteiger partial charge in [0.05, 0.1) is 23.8 Å². The van der Waals surface area contributed by atoms with Gasteiger partial charge in [0.2, 0.25) is 0 Å². The number of hydrogen-bond acceptors (Lipinski definition) is 3. The van der Waals surface area contributed by atoms with Crippen molar-refractivity contribution >= 4 is 16.9 Å². The standard InChI is InChI=1S/C12H7F3N2O2/c1-19-11(18)8-7-4-2-3-6(5-16)9(7)17-10(8)12(13,14)15/h2-4,17H,1H3. The van der Waals surface area contributed by atoms with Crippen LogP contribution in [0.2, 0.25) is 0 Å². The number of rotatable bonds is 1. The van der Waals surface area contributed by atoms with Crippen molar-refractivity contribution in [3.63, 3.8) is 0 Å². The van der Waals surface area contributed by atoms with E-state index in [2.05, 4.69) is 9.72 Å². The normalized spacial score (nSPS) is 11.3. The minimum absolute atomic E-state index is 0.0122. The highest BCUT2D eigenvalue weighted by atomic mass is 19.4. The predicted molar refractivity (Wildman–Crippen MR) is 59.4 cm³/mol. The summed E-state index contributed by atoms with van der Waals surface area (Å²) in [6, 6.07) is 5.86. The number of nitriles is 1. The van der Waals surface area contributed by atoms with Crippen molar-refractivity contribution in [2.24, 2.45) is 0 Å². The van der Waals surface area contributed by atoms with Crippen LogP contribution in [0.3, 0.4) is 0 Å². The Hall–Kier alpha value is -2.49. The van der Waals surface area contributed by atoms with Crippen molar-refractivity contribution in [2.45, 2.75) is 6.18 Å². The molecule has 7 heteroatoms. The Labute approximate surface area is 105 Å². The number of benzene rings is 1. The fourth-order valence-electron chi connectivity index (χ4n) is 1.84. The van der Waals surface area contributed by atoms with Gasteiger partial charge in [0.25, 0.3) is 0 Å². The Morgan fingerprint density at radius 2 is 2.11 bits per heavy atom. The number of para-hydroxylation sites is 1. The number of halogens is 3. The molecule has 0 spiro atoms. The SMILES string of the molecule is COC(=O)c1c(C(F)(F)F)[nH]c2c(C#N)cccc12. The number of nitrogens with one attached hydrogen (secondary N) is 1. The zero-order valence-electron chi connectivity index (χ0n) is 9.63. The molecule has 0 radical (unpaired) electrons. The topological polar surface area (TPSA) is 65.9 Å². The maximum Gasteiger partial charge on any atom is 0.432 e. The minimum Gasteiger partial charge on any atom is -0.465 e. The molecule has 0 unspecified atom stereocenters. The molecule has 4 nitrogen and oxygen atoms in total. The number of esters is 1. The van der Waals surface area contributed by atoms with E-state index in [9.17, 15) is 18.0 Å². The van der Waals surface area contributed by atoms with Crippen molar-refractivity contribution in [1.82, 2.24) is 4.98 Å². The van der Waals surface area contributed by atoms with Gasteiger partial charge in [-0.1, -0.05) is 12.1 Å². The average molecular weight is 268 g/mol. The highest BCUT2D eigenvalue weighted by molar-refractivity contribution is 6.07. The molecule has 19 heavy (non-hydrogen) atoms. The zero-order chi connectivity index (χ0) is 14.2. The van der Waals surface area contributed by atoms with Crippen LogP contribution in [-0.4, -0.2) is 18.1 Å². The van der Waals surface area contributed by atoms with Gasteiger partial charge in [-0.25, -0.2) is 4.79 Å². The zero-order valence-corrected chi connectivity index (χ0v) is 9.63. The first kappa shape index (κ1) is 13.0. The van der Waals surface area contributed by atoms with E-state index in [1.807, 2.05) is 0 Å². The van der Waals surface area contributed by atoms with Crippen molar-refractivity contribution in [1.29, 1.82) is 5.26 Å². The lowest BCUT2D eigenvalue weighted by molar-refractivity contribution is -0.141. The number of carbonyl (C=O) groups excluding carboxylic acids is 1. The first-order chi connectivity index (χ1) is 8.90. The molecule has 0 bridgehead atoms. The summed E-state index contributed by atoms with van der Waals surface area (Å²) >= 11 is 0. The number of nitrogens with zero attached hydrogens (tertiary/aromatic N) is 1. The van der Waals surface area contributed by atoms with E-state index in [4.69, 9.17) is 5.26 Å². The summed E-state index contributed by atoms with van der Waals surface area (Å²) in [6.45, 7) is 0. The average Bonchev–Trinajstić information content (AvgIpc) is 2.76. The largest absolute Gasteiger partial charge is 0.465 e. The van der Waals surface area contributed by atoms with Crippen LogP contribution in [-0.2, 0) is 10.9 Å². The molecule has 0 aliphatic carbocycles. The van der Waals surface area contributed by atoms with Crippen LogP contribution in [0, 0.1) is 11.3 Å². The summed E-state index contributed by atoms with van der Waals surface area (Å²) in [6.07, 6.45) is -4.74. The third kappa shape index (κ3) is 2.01. The molecule has 1 N–H and O–H groups in total. The molecule has 1 aromatic carbocycles.